The first-order valence-corrected chi connectivity index (χ1v) is 5.92. The predicted molar refractivity (Wildman–Crippen MR) is 75.4 cm³/mol. The lowest BCUT2D eigenvalue weighted by atomic mass is 10.2. The molecule has 0 saturated heterocycles. The van der Waals surface area contributed by atoms with E-state index in [2.05, 4.69) is 24.2 Å². The fourth-order valence-corrected chi connectivity index (χ4v) is 1.06. The van der Waals surface area contributed by atoms with Gasteiger partial charge in [-0.2, -0.15) is 0 Å². The first-order valence-electron chi connectivity index (χ1n) is 5.92. The van der Waals surface area contributed by atoms with E-state index in [1.54, 1.807) is 12.1 Å². The molecule has 5 heteroatoms. The largest absolute Gasteiger partial charge is 0.370 e. The molecule has 0 fully saturated rings. The topological polar surface area (TPSA) is 93.5 Å². The number of nitrogens with one attached hydrogen (secondary N) is 1. The molecule has 100 valence electrons. The number of carbonyl (C=O) groups excluding carboxylic acids is 1. The molecule has 1 rings (SSSR count). The highest BCUT2D eigenvalue weighted by molar-refractivity contribution is 5.79. The third-order valence-corrected chi connectivity index (χ3v) is 1.74. The molecule has 0 saturated carbocycles. The van der Waals surface area contributed by atoms with E-state index in [1.807, 2.05) is 12.1 Å². The van der Waals surface area contributed by atoms with Crippen molar-refractivity contribution in [3.63, 3.8) is 0 Å². The van der Waals surface area contributed by atoms with Gasteiger partial charge in [-0.15, -0.1) is 0 Å². The molecule has 0 atom stereocenters. The number of hydrogen-bond acceptors (Lipinski definition) is 2. The summed E-state index contributed by atoms with van der Waals surface area (Å²) in [6.45, 7) is 6.24. The van der Waals surface area contributed by atoms with Crippen LogP contribution in [0.2, 0.25) is 0 Å². The maximum atomic E-state index is 10.7. The molecule has 0 unspecified atom stereocenters. The van der Waals surface area contributed by atoms with E-state index in [9.17, 15) is 4.79 Å². The summed E-state index contributed by atoms with van der Waals surface area (Å²) in [5.74, 6) is -0.0205. The van der Waals surface area contributed by atoms with Crippen molar-refractivity contribution >= 4 is 17.6 Å². The fraction of sp³-hybridized carbons (Fsp3) is 0.385. The van der Waals surface area contributed by atoms with Crippen molar-refractivity contribution in [1.29, 1.82) is 0 Å². The summed E-state index contributed by atoms with van der Waals surface area (Å²) in [6.07, 6.45) is 1.25. The quantitative estimate of drug-likeness (QED) is 0.562. The number of rotatable bonds is 3. The third-order valence-electron chi connectivity index (χ3n) is 1.74. The highest BCUT2D eigenvalue weighted by Gasteiger charge is 1.95. The van der Waals surface area contributed by atoms with Crippen LogP contribution in [0.3, 0.4) is 0 Å². The second-order valence-corrected chi connectivity index (χ2v) is 3.82. The van der Waals surface area contributed by atoms with Crippen LogP contribution in [0.15, 0.2) is 29.3 Å². The predicted octanol–water partition coefficient (Wildman–Crippen LogP) is 1.64. The summed E-state index contributed by atoms with van der Waals surface area (Å²) < 4.78 is 0. The molecule has 0 aromatic heterocycles. The fourth-order valence-electron chi connectivity index (χ4n) is 1.06. The summed E-state index contributed by atoms with van der Waals surface area (Å²) >= 11 is 0. The Bertz CT molecular complexity index is 380. The van der Waals surface area contributed by atoms with Crippen molar-refractivity contribution in [3.05, 3.63) is 29.8 Å². The molecule has 0 aliphatic rings. The number of aliphatic imine (C=N–C) groups is 1. The van der Waals surface area contributed by atoms with Gasteiger partial charge in [0.25, 0.3) is 0 Å². The molecule has 0 aliphatic heterocycles. The van der Waals surface area contributed by atoms with Gasteiger partial charge in [-0.3, -0.25) is 4.79 Å². The van der Waals surface area contributed by atoms with Gasteiger partial charge in [-0.05, 0) is 17.7 Å². The molecule has 0 bridgehead atoms. The zero-order chi connectivity index (χ0) is 14.0. The molecule has 5 nitrogen and oxygen atoms in total. The molecule has 1 aromatic carbocycles. The van der Waals surface area contributed by atoms with Gasteiger partial charge in [0.15, 0.2) is 5.96 Å². The minimum Gasteiger partial charge on any atom is -0.370 e. The summed E-state index contributed by atoms with van der Waals surface area (Å²) in [5.41, 5.74) is 12.2. The van der Waals surface area contributed by atoms with E-state index in [1.165, 1.54) is 13.3 Å². The van der Waals surface area contributed by atoms with Crippen molar-refractivity contribution in [2.45, 2.75) is 33.7 Å². The van der Waals surface area contributed by atoms with Crippen molar-refractivity contribution in [3.8, 4) is 0 Å². The van der Waals surface area contributed by atoms with Gasteiger partial charge >= 0.3 is 0 Å². The van der Waals surface area contributed by atoms with Crippen molar-refractivity contribution in [2.24, 2.45) is 16.5 Å². The van der Waals surface area contributed by atoms with Crippen LogP contribution in [-0.2, 0) is 11.3 Å². The number of hydrogen-bond donors (Lipinski definition) is 3. The Morgan fingerprint density at radius 1 is 1.22 bits per heavy atom. The second kappa shape index (κ2) is 9.04. The van der Waals surface area contributed by atoms with Gasteiger partial charge in [-0.25, -0.2) is 4.99 Å². The lowest BCUT2D eigenvalue weighted by molar-refractivity contribution is -0.119. The molecule has 1 aromatic rings. The summed E-state index contributed by atoms with van der Waals surface area (Å²) in [5, 5.41) is 2.70. The number of nitrogens with two attached hydrogens (primary N) is 2. The Labute approximate surface area is 108 Å². The number of nitrogens with zero attached hydrogens (tertiary/aromatic N) is 1. The van der Waals surface area contributed by atoms with E-state index in [0.29, 0.717) is 12.2 Å². The second-order valence-electron chi connectivity index (χ2n) is 3.82. The zero-order valence-electron chi connectivity index (χ0n) is 11.2. The minimum atomic E-state index is -0.0525. The van der Waals surface area contributed by atoms with Crippen LogP contribution < -0.4 is 16.8 Å². The van der Waals surface area contributed by atoms with Gasteiger partial charge in [0.05, 0.1) is 5.69 Å². The molecule has 5 N–H and O–H groups in total. The highest BCUT2D eigenvalue weighted by Crippen LogP contribution is 2.12. The number of benzene rings is 1. The van der Waals surface area contributed by atoms with E-state index >= 15 is 0 Å². The van der Waals surface area contributed by atoms with Crippen LogP contribution >= 0.6 is 0 Å². The van der Waals surface area contributed by atoms with Crippen LogP contribution in [0, 0.1) is 0 Å². The van der Waals surface area contributed by atoms with E-state index in [4.69, 9.17) is 11.5 Å². The average Bonchev–Trinajstić information content (AvgIpc) is 2.28. The smallest absolute Gasteiger partial charge is 0.217 e. The standard InChI is InChI=1S/C10H14N4O.C3H8/c1-7(15)13-6-8-2-4-9(5-3-8)14-10(11)12;1-3-2/h2-5H,6H2,1H3,(H,13,15)(H4,11,12,14);3H2,1-2H3. The Morgan fingerprint density at radius 3 is 2.11 bits per heavy atom. The summed E-state index contributed by atoms with van der Waals surface area (Å²) in [7, 11) is 0. The van der Waals surface area contributed by atoms with Crippen LogP contribution in [-0.4, -0.2) is 11.9 Å². The zero-order valence-corrected chi connectivity index (χ0v) is 11.2. The average molecular weight is 250 g/mol. The Kier molecular flexibility index (Phi) is 8.01. The van der Waals surface area contributed by atoms with Gasteiger partial charge < -0.3 is 16.8 Å². The maximum Gasteiger partial charge on any atom is 0.217 e. The van der Waals surface area contributed by atoms with Gasteiger partial charge in [0.1, 0.15) is 0 Å². The van der Waals surface area contributed by atoms with Crippen LogP contribution in [0.5, 0.6) is 0 Å². The molecular weight excluding hydrogens is 228 g/mol. The van der Waals surface area contributed by atoms with Crippen molar-refractivity contribution in [2.75, 3.05) is 0 Å². The van der Waals surface area contributed by atoms with Gasteiger partial charge in [0, 0.05) is 13.5 Å². The molecule has 0 radical (unpaired) electrons. The lowest BCUT2D eigenvalue weighted by Crippen LogP contribution is -2.21. The number of guanidine groups is 1. The monoisotopic (exact) mass is 250 g/mol. The molecule has 0 spiro atoms. The van der Waals surface area contributed by atoms with Crippen molar-refractivity contribution in [1.82, 2.24) is 5.32 Å². The van der Waals surface area contributed by atoms with Crippen LogP contribution in [0.25, 0.3) is 0 Å². The first kappa shape index (κ1) is 16.0. The van der Waals surface area contributed by atoms with Crippen LogP contribution in [0.4, 0.5) is 5.69 Å². The normalized spacial score (nSPS) is 8.83. The van der Waals surface area contributed by atoms with E-state index in [-0.39, 0.29) is 11.9 Å². The Morgan fingerprint density at radius 2 is 1.72 bits per heavy atom. The molecule has 0 heterocycles. The van der Waals surface area contributed by atoms with Gasteiger partial charge in [0.2, 0.25) is 5.91 Å². The molecule has 0 aliphatic carbocycles. The number of amides is 1. The number of carbonyl (C=O) groups is 1. The lowest BCUT2D eigenvalue weighted by Gasteiger charge is -2.02. The van der Waals surface area contributed by atoms with E-state index < -0.39 is 0 Å². The summed E-state index contributed by atoms with van der Waals surface area (Å²) in [6, 6.07) is 7.29. The highest BCUT2D eigenvalue weighted by atomic mass is 16.1. The summed E-state index contributed by atoms with van der Waals surface area (Å²) in [4.78, 5) is 14.5. The van der Waals surface area contributed by atoms with E-state index in [0.717, 1.165) is 5.56 Å². The Hall–Kier alpha value is -2.04. The molecule has 18 heavy (non-hydrogen) atoms. The minimum absolute atomic E-state index is 0.0320. The van der Waals surface area contributed by atoms with Gasteiger partial charge in [-0.1, -0.05) is 32.4 Å². The van der Waals surface area contributed by atoms with Crippen molar-refractivity contribution < 1.29 is 4.79 Å². The Balaban J connectivity index is 0.000000873. The SMILES string of the molecule is CC(=O)NCc1ccc(N=C(N)N)cc1.CCC. The maximum absolute atomic E-state index is 10.7. The molecular formula is C13H22N4O. The van der Waals surface area contributed by atoms with Crippen LogP contribution in [0.1, 0.15) is 32.8 Å². The third kappa shape index (κ3) is 8.15. The molecule has 1 amide bonds. The first-order chi connectivity index (χ1) is 8.49.